The molecule has 0 bridgehead atoms. The van der Waals surface area contributed by atoms with Crippen molar-refractivity contribution in [1.29, 1.82) is 0 Å². The van der Waals surface area contributed by atoms with E-state index in [1.165, 1.54) is 0 Å². The van der Waals surface area contributed by atoms with E-state index in [-0.39, 0.29) is 11.3 Å². The number of fused-ring (bicyclic) bond motifs is 1. The Balaban J connectivity index is 2.06. The first kappa shape index (κ1) is 8.77. The first-order valence-corrected chi connectivity index (χ1v) is 5.33. The summed E-state index contributed by atoms with van der Waals surface area (Å²) in [6.07, 6.45) is 2.05. The Labute approximate surface area is 89.1 Å². The average Bonchev–Trinajstić information content (AvgIpc) is 2.99. The molecule has 0 atom stereocenters. The van der Waals surface area contributed by atoms with Gasteiger partial charge in [-0.15, -0.1) is 0 Å². The van der Waals surface area contributed by atoms with Gasteiger partial charge in [0, 0.05) is 13.6 Å². The molecule has 0 saturated heterocycles. The lowest BCUT2D eigenvalue weighted by atomic mass is 10.1. The number of rotatable bonds is 0. The van der Waals surface area contributed by atoms with Gasteiger partial charge in [0.2, 0.25) is 5.91 Å². The van der Waals surface area contributed by atoms with Crippen molar-refractivity contribution in [2.75, 3.05) is 23.8 Å². The first-order chi connectivity index (χ1) is 7.21. The van der Waals surface area contributed by atoms with Gasteiger partial charge in [-0.3, -0.25) is 4.79 Å². The third kappa shape index (κ3) is 1.23. The molecule has 1 saturated carbocycles. The molecule has 2 aliphatic rings. The molecule has 0 unspecified atom stereocenters. The molecule has 15 heavy (non-hydrogen) atoms. The predicted molar refractivity (Wildman–Crippen MR) is 60.0 cm³/mol. The van der Waals surface area contributed by atoms with E-state index < -0.39 is 0 Å². The minimum absolute atomic E-state index is 0.103. The molecule has 78 valence electrons. The molecule has 3 nitrogen and oxygen atoms in total. The van der Waals surface area contributed by atoms with Crippen molar-refractivity contribution in [2.45, 2.75) is 12.8 Å². The minimum Gasteiger partial charge on any atom is -0.372 e. The fraction of sp³-hybridized carbons (Fsp3) is 0.417. The van der Waals surface area contributed by atoms with Crippen molar-refractivity contribution in [3.63, 3.8) is 0 Å². The van der Waals surface area contributed by atoms with E-state index in [2.05, 4.69) is 23.3 Å². The van der Waals surface area contributed by atoms with Gasteiger partial charge in [-0.1, -0.05) is 12.1 Å². The van der Waals surface area contributed by atoms with Crippen LogP contribution in [-0.4, -0.2) is 19.5 Å². The molecule has 1 aliphatic carbocycles. The summed E-state index contributed by atoms with van der Waals surface area (Å²) in [6, 6.07) is 7.98. The fourth-order valence-electron chi connectivity index (χ4n) is 2.31. The van der Waals surface area contributed by atoms with Gasteiger partial charge in [0.25, 0.3) is 0 Å². The van der Waals surface area contributed by atoms with E-state index in [4.69, 9.17) is 0 Å². The Kier molecular flexibility index (Phi) is 1.61. The Bertz CT molecular complexity index is 423. The summed E-state index contributed by atoms with van der Waals surface area (Å²) >= 11 is 0. The van der Waals surface area contributed by atoms with Crippen LogP contribution >= 0.6 is 0 Å². The SMILES string of the molecule is CN1CC2(CC2)C(=O)Nc2ccccc21. The van der Waals surface area contributed by atoms with Crippen LogP contribution in [0.3, 0.4) is 0 Å². The van der Waals surface area contributed by atoms with E-state index in [9.17, 15) is 4.79 Å². The van der Waals surface area contributed by atoms with Crippen molar-refractivity contribution in [1.82, 2.24) is 0 Å². The second-order valence-electron chi connectivity index (χ2n) is 4.61. The summed E-state index contributed by atoms with van der Waals surface area (Å²) in [6.45, 7) is 0.843. The number of nitrogens with zero attached hydrogens (tertiary/aromatic N) is 1. The lowest BCUT2D eigenvalue weighted by Crippen LogP contribution is -2.31. The highest BCUT2D eigenvalue weighted by atomic mass is 16.2. The molecular weight excluding hydrogens is 188 g/mol. The third-order valence-corrected chi connectivity index (χ3v) is 3.44. The zero-order chi connectivity index (χ0) is 10.5. The second kappa shape index (κ2) is 2.75. The van der Waals surface area contributed by atoms with Gasteiger partial charge in [0.05, 0.1) is 16.8 Å². The van der Waals surface area contributed by atoms with Crippen LogP contribution < -0.4 is 10.2 Å². The van der Waals surface area contributed by atoms with Gasteiger partial charge < -0.3 is 10.2 Å². The van der Waals surface area contributed by atoms with E-state index in [1.807, 2.05) is 18.2 Å². The number of nitrogens with one attached hydrogen (secondary N) is 1. The van der Waals surface area contributed by atoms with Gasteiger partial charge in [-0.25, -0.2) is 0 Å². The van der Waals surface area contributed by atoms with Gasteiger partial charge in [0.1, 0.15) is 0 Å². The highest BCUT2D eigenvalue weighted by Gasteiger charge is 2.51. The first-order valence-electron chi connectivity index (χ1n) is 5.33. The van der Waals surface area contributed by atoms with Crippen LogP contribution in [0, 0.1) is 5.41 Å². The molecule has 1 N–H and O–H groups in total. The topological polar surface area (TPSA) is 32.3 Å². The lowest BCUT2D eigenvalue weighted by molar-refractivity contribution is -0.120. The maximum atomic E-state index is 12.0. The second-order valence-corrected chi connectivity index (χ2v) is 4.61. The smallest absolute Gasteiger partial charge is 0.232 e. The van der Waals surface area contributed by atoms with Gasteiger partial charge in [0.15, 0.2) is 0 Å². The van der Waals surface area contributed by atoms with Crippen molar-refractivity contribution < 1.29 is 4.79 Å². The summed E-state index contributed by atoms with van der Waals surface area (Å²) in [4.78, 5) is 14.1. The molecule has 3 heteroatoms. The van der Waals surface area contributed by atoms with Crippen molar-refractivity contribution in [3.8, 4) is 0 Å². The highest BCUT2D eigenvalue weighted by Crippen LogP contribution is 2.49. The maximum Gasteiger partial charge on any atom is 0.232 e. The number of carbonyl (C=O) groups is 1. The average molecular weight is 202 g/mol. The summed E-state index contributed by atoms with van der Waals surface area (Å²) in [5.41, 5.74) is 1.96. The van der Waals surface area contributed by atoms with Crippen LogP contribution in [0.4, 0.5) is 11.4 Å². The lowest BCUT2D eigenvalue weighted by Gasteiger charge is -2.20. The van der Waals surface area contributed by atoms with Crippen LogP contribution in [0.25, 0.3) is 0 Å². The standard InChI is InChI=1S/C12H14N2O/c1-14-8-12(6-7-12)11(15)13-9-4-2-3-5-10(9)14/h2-5H,6-8H2,1H3,(H,13,15). The Morgan fingerprint density at radius 2 is 2.07 bits per heavy atom. The van der Waals surface area contributed by atoms with Crippen molar-refractivity contribution in [3.05, 3.63) is 24.3 Å². The zero-order valence-electron chi connectivity index (χ0n) is 8.79. The monoisotopic (exact) mass is 202 g/mol. The molecular formula is C12H14N2O. The molecule has 0 radical (unpaired) electrons. The number of anilines is 2. The van der Waals surface area contributed by atoms with E-state index in [0.29, 0.717) is 0 Å². The molecule has 1 spiro atoms. The number of carbonyl (C=O) groups excluding carboxylic acids is 1. The normalized spacial score (nSPS) is 21.9. The van der Waals surface area contributed by atoms with Crippen molar-refractivity contribution >= 4 is 17.3 Å². The molecule has 1 aromatic rings. The summed E-state index contributed by atoms with van der Waals surface area (Å²) < 4.78 is 0. The molecule has 1 amide bonds. The van der Waals surface area contributed by atoms with Crippen molar-refractivity contribution in [2.24, 2.45) is 5.41 Å². The predicted octanol–water partition coefficient (Wildman–Crippen LogP) is 1.86. The van der Waals surface area contributed by atoms with Gasteiger partial charge in [-0.05, 0) is 25.0 Å². The molecule has 3 rings (SSSR count). The van der Waals surface area contributed by atoms with E-state index in [0.717, 1.165) is 30.8 Å². The molecule has 0 aromatic heterocycles. The van der Waals surface area contributed by atoms with Crippen LogP contribution in [0.15, 0.2) is 24.3 Å². The number of para-hydroxylation sites is 2. The molecule has 1 aromatic carbocycles. The minimum atomic E-state index is -0.103. The molecule has 1 fully saturated rings. The van der Waals surface area contributed by atoms with E-state index in [1.54, 1.807) is 0 Å². The quantitative estimate of drug-likeness (QED) is 0.696. The fourth-order valence-corrected chi connectivity index (χ4v) is 2.31. The molecule has 1 heterocycles. The zero-order valence-corrected chi connectivity index (χ0v) is 8.79. The van der Waals surface area contributed by atoms with Crippen LogP contribution in [0.1, 0.15) is 12.8 Å². The van der Waals surface area contributed by atoms with Crippen LogP contribution in [0.2, 0.25) is 0 Å². The maximum absolute atomic E-state index is 12.0. The highest BCUT2D eigenvalue weighted by molar-refractivity contribution is 6.01. The Morgan fingerprint density at radius 1 is 1.33 bits per heavy atom. The summed E-state index contributed by atoms with van der Waals surface area (Å²) in [7, 11) is 2.05. The third-order valence-electron chi connectivity index (χ3n) is 3.44. The van der Waals surface area contributed by atoms with Gasteiger partial charge >= 0.3 is 0 Å². The van der Waals surface area contributed by atoms with Crippen LogP contribution in [0.5, 0.6) is 0 Å². The summed E-state index contributed by atoms with van der Waals surface area (Å²) in [5.74, 6) is 0.194. The largest absolute Gasteiger partial charge is 0.372 e. The Hall–Kier alpha value is -1.51. The van der Waals surface area contributed by atoms with E-state index >= 15 is 0 Å². The van der Waals surface area contributed by atoms with Gasteiger partial charge in [-0.2, -0.15) is 0 Å². The van der Waals surface area contributed by atoms with Crippen LogP contribution in [-0.2, 0) is 4.79 Å². The number of benzene rings is 1. The summed E-state index contributed by atoms with van der Waals surface area (Å²) in [5, 5.41) is 3.02. The number of amides is 1. The number of hydrogen-bond donors (Lipinski definition) is 1. The number of hydrogen-bond acceptors (Lipinski definition) is 2. The molecule has 1 aliphatic heterocycles. The Morgan fingerprint density at radius 3 is 2.80 bits per heavy atom.